The maximum Gasteiger partial charge on any atom is 0.272 e. The number of ether oxygens (including phenoxy) is 1. The smallest absolute Gasteiger partial charge is 0.272 e. The molecule has 2 aromatic heterocycles. The van der Waals surface area contributed by atoms with Gasteiger partial charge in [-0.2, -0.15) is 8.75 Å². The topological polar surface area (TPSA) is 87.0 Å². The molecule has 0 fully saturated rings. The van der Waals surface area contributed by atoms with Gasteiger partial charge in [0.25, 0.3) is 10.0 Å². The Labute approximate surface area is 180 Å². The van der Waals surface area contributed by atoms with Crippen molar-refractivity contribution in [3.8, 4) is 5.75 Å². The van der Waals surface area contributed by atoms with E-state index in [1.807, 2.05) is 0 Å². The normalized spacial score (nSPS) is 11.9. The van der Waals surface area contributed by atoms with E-state index in [2.05, 4.69) is 13.7 Å². The number of aromatic nitrogens is 4. The third-order valence-corrected chi connectivity index (χ3v) is 7.10. The van der Waals surface area contributed by atoms with E-state index in [1.165, 1.54) is 10.0 Å². The van der Waals surface area contributed by atoms with Crippen LogP contribution < -0.4 is 4.74 Å². The fraction of sp³-hybridized carbons (Fsp3) is 0.0500. The van der Waals surface area contributed by atoms with Crippen molar-refractivity contribution < 1.29 is 13.2 Å². The number of hydrogen-bond acceptors (Lipinski definition) is 7. The highest BCUT2D eigenvalue weighted by Crippen LogP contribution is 2.28. The van der Waals surface area contributed by atoms with Crippen LogP contribution in [0.15, 0.2) is 71.6 Å². The van der Waals surface area contributed by atoms with Crippen molar-refractivity contribution in [2.45, 2.75) is 11.5 Å². The fourth-order valence-corrected chi connectivity index (χ4v) is 5.54. The van der Waals surface area contributed by atoms with E-state index in [0.717, 1.165) is 11.7 Å². The molecule has 0 spiro atoms. The standard InChI is InChI=1S/C20H13ClN4O3S2/c21-13-8-10-14(11-9-13)28-12-19-22-15-4-1-2-6-17(15)25(19)30(26,27)18-7-3-5-16-20(18)24-29-23-16/h1-11H,12H2. The molecule has 0 aliphatic rings. The Balaban J connectivity index is 1.65. The first-order valence-corrected chi connectivity index (χ1v) is 11.4. The van der Waals surface area contributed by atoms with Crippen molar-refractivity contribution in [2.24, 2.45) is 0 Å². The number of hydrogen-bond donors (Lipinski definition) is 0. The zero-order valence-corrected chi connectivity index (χ0v) is 17.7. The Kier molecular flexibility index (Phi) is 4.65. The van der Waals surface area contributed by atoms with Gasteiger partial charge in [-0.3, -0.25) is 0 Å². The zero-order chi connectivity index (χ0) is 20.7. The molecule has 0 amide bonds. The molecule has 30 heavy (non-hydrogen) atoms. The van der Waals surface area contributed by atoms with Crippen molar-refractivity contribution in [3.05, 3.63) is 77.6 Å². The maximum atomic E-state index is 13.7. The number of rotatable bonds is 5. The molecule has 0 bridgehead atoms. The molecule has 0 saturated heterocycles. The highest BCUT2D eigenvalue weighted by atomic mass is 35.5. The molecule has 0 aliphatic carbocycles. The minimum atomic E-state index is -4.00. The monoisotopic (exact) mass is 456 g/mol. The number of para-hydroxylation sites is 2. The summed E-state index contributed by atoms with van der Waals surface area (Å²) < 4.78 is 42.7. The molecule has 3 aromatic carbocycles. The van der Waals surface area contributed by atoms with Crippen LogP contribution in [0.25, 0.3) is 22.1 Å². The quantitative estimate of drug-likeness (QED) is 0.386. The average molecular weight is 457 g/mol. The first kappa shape index (κ1) is 19.0. The number of benzene rings is 3. The average Bonchev–Trinajstić information content (AvgIpc) is 3.37. The highest BCUT2D eigenvalue weighted by Gasteiger charge is 2.27. The maximum absolute atomic E-state index is 13.7. The molecule has 150 valence electrons. The predicted octanol–water partition coefficient (Wildman–Crippen LogP) is 4.51. The van der Waals surface area contributed by atoms with Crippen LogP contribution in [-0.4, -0.2) is 26.1 Å². The van der Waals surface area contributed by atoms with Gasteiger partial charge in [-0.05, 0) is 48.5 Å². The van der Waals surface area contributed by atoms with Gasteiger partial charge < -0.3 is 4.74 Å². The van der Waals surface area contributed by atoms with Crippen molar-refractivity contribution in [2.75, 3.05) is 0 Å². The van der Waals surface area contributed by atoms with Gasteiger partial charge in [-0.1, -0.05) is 29.8 Å². The van der Waals surface area contributed by atoms with Crippen molar-refractivity contribution in [3.63, 3.8) is 0 Å². The molecule has 5 aromatic rings. The van der Waals surface area contributed by atoms with Crippen LogP contribution in [0.3, 0.4) is 0 Å². The second kappa shape index (κ2) is 7.35. The second-order valence-corrected chi connectivity index (χ2v) is 9.14. The van der Waals surface area contributed by atoms with E-state index in [9.17, 15) is 8.42 Å². The molecule has 2 heterocycles. The van der Waals surface area contributed by atoms with E-state index in [1.54, 1.807) is 60.7 Å². The van der Waals surface area contributed by atoms with Crippen LogP contribution in [0.2, 0.25) is 5.02 Å². The first-order chi connectivity index (χ1) is 14.5. The van der Waals surface area contributed by atoms with Crippen LogP contribution in [0.5, 0.6) is 5.75 Å². The first-order valence-electron chi connectivity index (χ1n) is 8.85. The molecular formula is C20H13ClN4O3S2. The summed E-state index contributed by atoms with van der Waals surface area (Å²) in [6, 6.07) is 18.8. The molecule has 5 rings (SSSR count). The zero-order valence-electron chi connectivity index (χ0n) is 15.3. The molecule has 0 atom stereocenters. The molecule has 7 nitrogen and oxygen atoms in total. The van der Waals surface area contributed by atoms with Crippen LogP contribution in [0.4, 0.5) is 0 Å². The van der Waals surface area contributed by atoms with E-state index in [0.29, 0.717) is 32.8 Å². The van der Waals surface area contributed by atoms with Crippen LogP contribution in [-0.2, 0) is 16.6 Å². The van der Waals surface area contributed by atoms with Gasteiger partial charge in [0.1, 0.15) is 28.3 Å². The van der Waals surface area contributed by atoms with Gasteiger partial charge in [-0.15, -0.1) is 0 Å². The molecule has 10 heteroatoms. The lowest BCUT2D eigenvalue weighted by Crippen LogP contribution is -2.18. The number of imidazole rings is 1. The predicted molar refractivity (Wildman–Crippen MR) is 116 cm³/mol. The molecule has 0 radical (unpaired) electrons. The van der Waals surface area contributed by atoms with Gasteiger partial charge in [0.15, 0.2) is 5.82 Å². The SMILES string of the molecule is O=S(=O)(c1cccc2nsnc12)n1c(COc2ccc(Cl)cc2)nc2ccccc21. The van der Waals surface area contributed by atoms with Crippen LogP contribution in [0.1, 0.15) is 5.82 Å². The minimum absolute atomic E-state index is 0.0408. The summed E-state index contributed by atoms with van der Waals surface area (Å²) in [5.41, 5.74) is 1.89. The van der Waals surface area contributed by atoms with E-state index in [4.69, 9.17) is 16.3 Å². The fourth-order valence-electron chi connectivity index (χ4n) is 3.18. The Bertz CT molecular complexity index is 1480. The van der Waals surface area contributed by atoms with Crippen molar-refractivity contribution >= 4 is 55.4 Å². The Morgan fingerprint density at radius 1 is 0.933 bits per heavy atom. The lowest BCUT2D eigenvalue weighted by molar-refractivity contribution is 0.295. The highest BCUT2D eigenvalue weighted by molar-refractivity contribution is 7.90. The largest absolute Gasteiger partial charge is 0.486 e. The minimum Gasteiger partial charge on any atom is -0.486 e. The molecule has 0 saturated carbocycles. The summed E-state index contributed by atoms with van der Waals surface area (Å²) in [5.74, 6) is 0.813. The Morgan fingerprint density at radius 3 is 2.53 bits per heavy atom. The van der Waals surface area contributed by atoms with Gasteiger partial charge in [0, 0.05) is 5.02 Å². The summed E-state index contributed by atoms with van der Waals surface area (Å²) in [5, 5.41) is 0.585. The number of halogens is 1. The number of fused-ring (bicyclic) bond motifs is 2. The van der Waals surface area contributed by atoms with Crippen molar-refractivity contribution in [1.29, 1.82) is 0 Å². The molecular weight excluding hydrogens is 444 g/mol. The molecule has 0 aliphatic heterocycles. The summed E-state index contributed by atoms with van der Waals surface area (Å²) in [6.07, 6.45) is 0. The second-order valence-electron chi connectivity index (χ2n) is 6.42. The lowest BCUT2D eigenvalue weighted by Gasteiger charge is -2.12. The summed E-state index contributed by atoms with van der Waals surface area (Å²) in [4.78, 5) is 4.58. The van der Waals surface area contributed by atoms with E-state index in [-0.39, 0.29) is 17.3 Å². The Hall–Kier alpha value is -3.01. The summed E-state index contributed by atoms with van der Waals surface area (Å²) >= 11 is 6.88. The molecule has 0 unspecified atom stereocenters. The van der Waals surface area contributed by atoms with Gasteiger partial charge in [0.2, 0.25) is 0 Å². The van der Waals surface area contributed by atoms with Crippen LogP contribution >= 0.6 is 23.3 Å². The summed E-state index contributed by atoms with van der Waals surface area (Å²) in [7, 11) is -4.00. The molecule has 0 N–H and O–H groups in total. The lowest BCUT2D eigenvalue weighted by atomic mass is 10.3. The third kappa shape index (κ3) is 3.20. The van der Waals surface area contributed by atoms with Gasteiger partial charge >= 0.3 is 0 Å². The van der Waals surface area contributed by atoms with E-state index < -0.39 is 10.0 Å². The van der Waals surface area contributed by atoms with Gasteiger partial charge in [-0.25, -0.2) is 17.4 Å². The van der Waals surface area contributed by atoms with Gasteiger partial charge in [0.05, 0.1) is 22.8 Å². The Morgan fingerprint density at radius 2 is 1.70 bits per heavy atom. The van der Waals surface area contributed by atoms with E-state index >= 15 is 0 Å². The summed E-state index contributed by atoms with van der Waals surface area (Å²) in [6.45, 7) is -0.0408. The van der Waals surface area contributed by atoms with Crippen LogP contribution in [0, 0.1) is 0 Å². The van der Waals surface area contributed by atoms with Crippen molar-refractivity contribution in [1.82, 2.24) is 17.7 Å². The third-order valence-electron chi connectivity index (χ3n) is 4.53. The number of nitrogens with zero attached hydrogens (tertiary/aromatic N) is 4.